The first-order chi connectivity index (χ1) is 15.2. The zero-order chi connectivity index (χ0) is 21.6. The number of aromatic nitrogens is 1. The van der Waals surface area contributed by atoms with Crippen molar-refractivity contribution >= 4 is 22.4 Å². The maximum atomic E-state index is 12.6. The number of amides is 1. The summed E-state index contributed by atoms with van der Waals surface area (Å²) in [5.74, 6) is 2.07. The predicted octanol–water partition coefficient (Wildman–Crippen LogP) is 4.84. The molecule has 1 saturated carbocycles. The van der Waals surface area contributed by atoms with Crippen molar-refractivity contribution in [3.63, 3.8) is 0 Å². The van der Waals surface area contributed by atoms with E-state index in [-0.39, 0.29) is 11.9 Å². The molecule has 0 aliphatic heterocycles. The molecule has 1 amide bonds. The Labute approximate surface area is 186 Å². The number of anilines is 1. The van der Waals surface area contributed by atoms with Crippen LogP contribution in [-0.4, -0.2) is 30.6 Å². The van der Waals surface area contributed by atoms with Crippen LogP contribution in [-0.2, 0) is 6.54 Å². The number of ether oxygens (including phenoxy) is 2. The van der Waals surface area contributed by atoms with Gasteiger partial charge in [-0.1, -0.05) is 36.4 Å². The average molecular weight is 438 g/mol. The molecule has 0 spiro atoms. The highest BCUT2D eigenvalue weighted by atomic mass is 32.1. The third-order valence-corrected chi connectivity index (χ3v) is 6.29. The van der Waals surface area contributed by atoms with Crippen molar-refractivity contribution in [3.8, 4) is 11.5 Å². The van der Waals surface area contributed by atoms with E-state index in [0.29, 0.717) is 24.8 Å². The van der Waals surface area contributed by atoms with Gasteiger partial charge in [-0.25, -0.2) is 4.98 Å². The summed E-state index contributed by atoms with van der Waals surface area (Å²) in [4.78, 5) is 17.1. The highest BCUT2D eigenvalue weighted by molar-refractivity contribution is 7.13. The van der Waals surface area contributed by atoms with E-state index in [1.54, 1.807) is 12.5 Å². The molecule has 1 fully saturated rings. The molecule has 162 valence electrons. The molecule has 1 aromatic heterocycles. The molecule has 0 radical (unpaired) electrons. The number of carbonyl (C=O) groups is 1. The van der Waals surface area contributed by atoms with E-state index in [1.165, 1.54) is 16.9 Å². The van der Waals surface area contributed by atoms with Crippen LogP contribution >= 0.6 is 11.3 Å². The zero-order valence-corrected chi connectivity index (χ0v) is 18.6. The quantitative estimate of drug-likeness (QED) is 0.501. The molecule has 0 unspecified atom stereocenters. The van der Waals surface area contributed by atoms with E-state index in [2.05, 4.69) is 21.7 Å². The molecule has 0 atom stereocenters. The Balaban J connectivity index is 1.28. The third kappa shape index (κ3) is 4.99. The number of para-hydroxylation sites is 2. The zero-order valence-electron chi connectivity index (χ0n) is 17.8. The van der Waals surface area contributed by atoms with Gasteiger partial charge in [0.1, 0.15) is 17.2 Å². The number of thiazole rings is 1. The van der Waals surface area contributed by atoms with Crippen molar-refractivity contribution in [1.82, 2.24) is 10.3 Å². The fourth-order valence-electron chi connectivity index (χ4n) is 3.83. The molecule has 0 saturated heterocycles. The lowest BCUT2D eigenvalue weighted by Crippen LogP contribution is -2.43. The van der Waals surface area contributed by atoms with Gasteiger partial charge in [0, 0.05) is 23.5 Å². The Hall–Kier alpha value is -3.06. The van der Waals surface area contributed by atoms with Crippen LogP contribution in [0.3, 0.4) is 0 Å². The summed E-state index contributed by atoms with van der Waals surface area (Å²) < 4.78 is 11.1. The van der Waals surface area contributed by atoms with Crippen LogP contribution in [0.4, 0.5) is 5.13 Å². The van der Waals surface area contributed by atoms with E-state index < -0.39 is 0 Å². The monoisotopic (exact) mass is 437 g/mol. The summed E-state index contributed by atoms with van der Waals surface area (Å²) in [6, 6.07) is 16.2. The van der Waals surface area contributed by atoms with Crippen LogP contribution in [0.25, 0.3) is 0 Å². The average Bonchev–Trinajstić information content (AvgIpc) is 3.25. The molecule has 1 heterocycles. The lowest BCUT2D eigenvalue weighted by molar-refractivity contribution is 0.0904. The first-order valence-electron chi connectivity index (χ1n) is 10.5. The standard InChI is InChI=1S/C24H27N3O3S/c1-3-30-21-10-6-4-8-16(21)14-25-24-27-20(15-31-24)23(28)26-18-12-17(13-18)19-9-5-7-11-22(19)29-2/h4-11,15,17-18H,3,12-14H2,1-2H3,(H,25,27)(H,26,28). The van der Waals surface area contributed by atoms with Crippen LogP contribution in [0.15, 0.2) is 53.9 Å². The van der Waals surface area contributed by atoms with Crippen LogP contribution in [0.1, 0.15) is 47.3 Å². The molecule has 2 N–H and O–H groups in total. The van der Waals surface area contributed by atoms with Crippen LogP contribution in [0, 0.1) is 0 Å². The van der Waals surface area contributed by atoms with Gasteiger partial charge >= 0.3 is 0 Å². The number of hydrogen-bond acceptors (Lipinski definition) is 6. The van der Waals surface area contributed by atoms with E-state index in [1.807, 2.05) is 49.4 Å². The second kappa shape index (κ2) is 9.83. The van der Waals surface area contributed by atoms with Crippen molar-refractivity contribution < 1.29 is 14.3 Å². The SMILES string of the molecule is CCOc1ccccc1CNc1nc(C(=O)NC2CC(c3ccccc3OC)C2)cs1. The maximum Gasteiger partial charge on any atom is 0.271 e. The Morgan fingerprint density at radius 3 is 2.65 bits per heavy atom. The number of nitrogens with one attached hydrogen (secondary N) is 2. The fraction of sp³-hybridized carbons (Fsp3) is 0.333. The topological polar surface area (TPSA) is 72.5 Å². The summed E-state index contributed by atoms with van der Waals surface area (Å²) in [6.07, 6.45) is 1.82. The van der Waals surface area contributed by atoms with E-state index in [0.717, 1.165) is 35.0 Å². The predicted molar refractivity (Wildman–Crippen MR) is 123 cm³/mol. The first kappa shape index (κ1) is 21.2. The van der Waals surface area contributed by atoms with Crippen LogP contribution < -0.4 is 20.1 Å². The van der Waals surface area contributed by atoms with Crippen molar-refractivity contribution in [3.05, 3.63) is 70.7 Å². The maximum absolute atomic E-state index is 12.6. The van der Waals surface area contributed by atoms with Gasteiger partial charge in [-0.15, -0.1) is 11.3 Å². The molecule has 3 aromatic rings. The lowest BCUT2D eigenvalue weighted by Gasteiger charge is -2.36. The largest absolute Gasteiger partial charge is 0.496 e. The van der Waals surface area contributed by atoms with Crippen LogP contribution in [0.2, 0.25) is 0 Å². The van der Waals surface area contributed by atoms with E-state index >= 15 is 0 Å². The van der Waals surface area contributed by atoms with Gasteiger partial charge in [-0.05, 0) is 43.4 Å². The van der Waals surface area contributed by atoms with Crippen LogP contribution in [0.5, 0.6) is 11.5 Å². The molecule has 6 nitrogen and oxygen atoms in total. The van der Waals surface area contributed by atoms with Gasteiger partial charge in [-0.3, -0.25) is 4.79 Å². The number of nitrogens with zero attached hydrogens (tertiary/aromatic N) is 1. The van der Waals surface area contributed by atoms with E-state index in [9.17, 15) is 4.79 Å². The molecule has 4 rings (SSSR count). The second-order valence-corrected chi connectivity index (χ2v) is 8.37. The fourth-order valence-corrected chi connectivity index (χ4v) is 4.52. The number of benzene rings is 2. The highest BCUT2D eigenvalue weighted by Crippen LogP contribution is 2.41. The molecule has 0 bridgehead atoms. The number of hydrogen-bond donors (Lipinski definition) is 2. The minimum Gasteiger partial charge on any atom is -0.496 e. The summed E-state index contributed by atoms with van der Waals surface area (Å²) in [7, 11) is 1.69. The Morgan fingerprint density at radius 1 is 1.13 bits per heavy atom. The number of rotatable bonds is 9. The summed E-state index contributed by atoms with van der Waals surface area (Å²) in [6.45, 7) is 3.18. The molecular weight excluding hydrogens is 410 g/mol. The summed E-state index contributed by atoms with van der Waals surface area (Å²) in [5.41, 5.74) is 2.72. The second-order valence-electron chi connectivity index (χ2n) is 7.51. The van der Waals surface area contributed by atoms with Gasteiger partial charge in [-0.2, -0.15) is 0 Å². The molecule has 1 aliphatic carbocycles. The molecule has 31 heavy (non-hydrogen) atoms. The Morgan fingerprint density at radius 2 is 1.87 bits per heavy atom. The highest BCUT2D eigenvalue weighted by Gasteiger charge is 2.33. The molecular formula is C24H27N3O3S. The molecule has 1 aliphatic rings. The molecule has 7 heteroatoms. The van der Waals surface area contributed by atoms with Crippen molar-refractivity contribution in [2.24, 2.45) is 0 Å². The van der Waals surface area contributed by atoms with E-state index in [4.69, 9.17) is 9.47 Å². The minimum absolute atomic E-state index is 0.123. The smallest absolute Gasteiger partial charge is 0.271 e. The van der Waals surface area contributed by atoms with Gasteiger partial charge < -0.3 is 20.1 Å². The lowest BCUT2D eigenvalue weighted by atomic mass is 9.75. The van der Waals surface area contributed by atoms with Crippen molar-refractivity contribution in [2.45, 2.75) is 38.3 Å². The third-order valence-electron chi connectivity index (χ3n) is 5.49. The summed E-state index contributed by atoms with van der Waals surface area (Å²) in [5, 5.41) is 8.90. The number of carbonyl (C=O) groups excluding carboxylic acids is 1. The molecule has 2 aromatic carbocycles. The number of methoxy groups -OCH3 is 1. The Kier molecular flexibility index (Phi) is 6.72. The minimum atomic E-state index is -0.123. The Bertz CT molecular complexity index is 1030. The van der Waals surface area contributed by atoms with Gasteiger partial charge in [0.15, 0.2) is 5.13 Å². The summed E-state index contributed by atoms with van der Waals surface area (Å²) >= 11 is 1.43. The van der Waals surface area contributed by atoms with Crippen molar-refractivity contribution in [2.75, 3.05) is 19.0 Å². The van der Waals surface area contributed by atoms with Gasteiger partial charge in [0.25, 0.3) is 5.91 Å². The normalized spacial score (nSPS) is 17.5. The van der Waals surface area contributed by atoms with Gasteiger partial charge in [0.2, 0.25) is 0 Å². The first-order valence-corrected chi connectivity index (χ1v) is 11.4. The van der Waals surface area contributed by atoms with Gasteiger partial charge in [0.05, 0.1) is 13.7 Å². The van der Waals surface area contributed by atoms with Crippen molar-refractivity contribution in [1.29, 1.82) is 0 Å².